The van der Waals surface area contributed by atoms with Gasteiger partial charge >= 0.3 is 0 Å². The van der Waals surface area contributed by atoms with Gasteiger partial charge in [0.1, 0.15) is 5.76 Å². The van der Waals surface area contributed by atoms with Crippen LogP contribution in [0.5, 0.6) is 0 Å². The molecule has 1 aromatic heterocycles. The van der Waals surface area contributed by atoms with Gasteiger partial charge in [-0.05, 0) is 54.4 Å². The molecule has 0 unspecified atom stereocenters. The topological polar surface area (TPSA) is 42.2 Å². The molecule has 4 heteroatoms. The fourth-order valence-corrected chi connectivity index (χ4v) is 2.41. The van der Waals surface area contributed by atoms with Crippen LogP contribution in [0.15, 0.2) is 33.4 Å². The van der Waals surface area contributed by atoms with Crippen LogP contribution in [0.3, 0.4) is 0 Å². The van der Waals surface area contributed by atoms with E-state index in [0.29, 0.717) is 11.3 Å². The molecule has 0 saturated heterocycles. The van der Waals surface area contributed by atoms with Crippen molar-refractivity contribution >= 4 is 27.5 Å². The van der Waals surface area contributed by atoms with Gasteiger partial charge in [-0.3, -0.25) is 4.79 Å². The molecule has 0 aliphatic carbocycles. The smallest absolute Gasteiger partial charge is 0.259 e. The molecule has 0 aliphatic rings. The van der Waals surface area contributed by atoms with Crippen molar-refractivity contribution in [2.24, 2.45) is 0 Å². The average Bonchev–Trinajstić information content (AvgIpc) is 2.62. The Morgan fingerprint density at radius 2 is 2.00 bits per heavy atom. The lowest BCUT2D eigenvalue weighted by Crippen LogP contribution is -2.13. The Morgan fingerprint density at radius 3 is 2.56 bits per heavy atom. The third-order valence-electron chi connectivity index (χ3n) is 2.76. The Bertz CT molecular complexity index is 582. The van der Waals surface area contributed by atoms with E-state index < -0.39 is 0 Å². The van der Waals surface area contributed by atoms with E-state index in [-0.39, 0.29) is 5.91 Å². The summed E-state index contributed by atoms with van der Waals surface area (Å²) in [6.45, 7) is 5.64. The van der Waals surface area contributed by atoms with Crippen molar-refractivity contribution in [2.45, 2.75) is 20.8 Å². The summed E-state index contributed by atoms with van der Waals surface area (Å²) in [5.74, 6) is 0.483. The van der Waals surface area contributed by atoms with Gasteiger partial charge in [-0.15, -0.1) is 0 Å². The molecule has 1 amide bonds. The maximum absolute atomic E-state index is 12.2. The summed E-state index contributed by atoms with van der Waals surface area (Å²) in [6.07, 6.45) is 1.59. The number of halogens is 1. The SMILES string of the molecule is Cc1ccc(NC(=O)c2c(C)coc2C)c(Br)c1. The van der Waals surface area contributed by atoms with Crippen LogP contribution in [0.25, 0.3) is 0 Å². The van der Waals surface area contributed by atoms with E-state index in [1.807, 2.05) is 32.0 Å². The highest BCUT2D eigenvalue weighted by atomic mass is 79.9. The highest BCUT2D eigenvalue weighted by Gasteiger charge is 2.16. The number of hydrogen-bond acceptors (Lipinski definition) is 2. The second kappa shape index (κ2) is 4.98. The standard InChI is InChI=1S/C14H14BrNO2/c1-8-4-5-12(11(15)6-8)16-14(17)13-9(2)7-18-10(13)3/h4-7H,1-3H3,(H,16,17). The van der Waals surface area contributed by atoms with Gasteiger partial charge < -0.3 is 9.73 Å². The number of nitrogens with one attached hydrogen (secondary N) is 1. The highest BCUT2D eigenvalue weighted by Crippen LogP contribution is 2.25. The van der Waals surface area contributed by atoms with Crippen LogP contribution in [-0.2, 0) is 0 Å². The van der Waals surface area contributed by atoms with Gasteiger partial charge in [0.15, 0.2) is 0 Å². The number of aryl methyl sites for hydroxylation is 3. The largest absolute Gasteiger partial charge is 0.469 e. The lowest BCUT2D eigenvalue weighted by molar-refractivity contribution is 0.102. The van der Waals surface area contributed by atoms with E-state index >= 15 is 0 Å². The number of furan rings is 1. The maximum atomic E-state index is 12.2. The Morgan fingerprint density at radius 1 is 1.28 bits per heavy atom. The maximum Gasteiger partial charge on any atom is 0.259 e. The molecule has 1 N–H and O–H groups in total. The van der Waals surface area contributed by atoms with Crippen LogP contribution in [0.2, 0.25) is 0 Å². The van der Waals surface area contributed by atoms with Crippen LogP contribution in [0, 0.1) is 20.8 Å². The fourth-order valence-electron chi connectivity index (χ4n) is 1.82. The molecule has 1 aromatic carbocycles. The normalized spacial score (nSPS) is 10.4. The van der Waals surface area contributed by atoms with Gasteiger partial charge in [-0.2, -0.15) is 0 Å². The number of carbonyl (C=O) groups is 1. The highest BCUT2D eigenvalue weighted by molar-refractivity contribution is 9.10. The lowest BCUT2D eigenvalue weighted by atomic mass is 10.1. The van der Waals surface area contributed by atoms with Gasteiger partial charge in [0.05, 0.1) is 17.5 Å². The number of amides is 1. The molecule has 0 spiro atoms. The number of carbonyl (C=O) groups excluding carboxylic acids is 1. The Labute approximate surface area is 114 Å². The van der Waals surface area contributed by atoms with Crippen LogP contribution in [0.1, 0.15) is 27.2 Å². The molecule has 2 rings (SSSR count). The summed E-state index contributed by atoms with van der Waals surface area (Å²) >= 11 is 3.44. The number of benzene rings is 1. The number of anilines is 1. The summed E-state index contributed by atoms with van der Waals surface area (Å²) in [7, 11) is 0. The van der Waals surface area contributed by atoms with Gasteiger partial charge in [-0.25, -0.2) is 0 Å². The van der Waals surface area contributed by atoms with Crippen LogP contribution in [-0.4, -0.2) is 5.91 Å². The first-order valence-corrected chi connectivity index (χ1v) is 6.40. The van der Waals surface area contributed by atoms with Crippen molar-refractivity contribution in [3.05, 3.63) is 51.4 Å². The van der Waals surface area contributed by atoms with Crippen LogP contribution < -0.4 is 5.32 Å². The van der Waals surface area contributed by atoms with Crippen molar-refractivity contribution in [3.63, 3.8) is 0 Å². The number of rotatable bonds is 2. The summed E-state index contributed by atoms with van der Waals surface area (Å²) in [4.78, 5) is 12.2. The molecule has 94 valence electrons. The molecule has 0 aliphatic heterocycles. The molecule has 0 radical (unpaired) electrons. The summed E-state index contributed by atoms with van der Waals surface area (Å²) in [5, 5.41) is 2.88. The molecule has 1 heterocycles. The molecule has 2 aromatic rings. The third-order valence-corrected chi connectivity index (χ3v) is 3.41. The fraction of sp³-hybridized carbons (Fsp3) is 0.214. The quantitative estimate of drug-likeness (QED) is 0.902. The first kappa shape index (κ1) is 12.9. The number of hydrogen-bond donors (Lipinski definition) is 1. The molecule has 0 saturated carbocycles. The van der Waals surface area contributed by atoms with E-state index in [1.165, 1.54) is 0 Å². The Balaban J connectivity index is 2.27. The van der Waals surface area contributed by atoms with E-state index in [0.717, 1.165) is 21.3 Å². The predicted molar refractivity (Wildman–Crippen MR) is 75.0 cm³/mol. The van der Waals surface area contributed by atoms with Gasteiger partial charge in [-0.1, -0.05) is 6.07 Å². The molecular weight excluding hydrogens is 294 g/mol. The van der Waals surface area contributed by atoms with E-state index in [4.69, 9.17) is 4.42 Å². The predicted octanol–water partition coefficient (Wildman–Crippen LogP) is 4.22. The van der Waals surface area contributed by atoms with E-state index in [1.54, 1.807) is 13.2 Å². The summed E-state index contributed by atoms with van der Waals surface area (Å²) in [5.41, 5.74) is 3.33. The van der Waals surface area contributed by atoms with Crippen molar-refractivity contribution in [1.29, 1.82) is 0 Å². The molecule has 3 nitrogen and oxygen atoms in total. The van der Waals surface area contributed by atoms with E-state index in [2.05, 4.69) is 21.2 Å². The zero-order chi connectivity index (χ0) is 13.3. The van der Waals surface area contributed by atoms with E-state index in [9.17, 15) is 4.79 Å². The summed E-state index contributed by atoms with van der Waals surface area (Å²) < 4.78 is 6.10. The van der Waals surface area contributed by atoms with Crippen molar-refractivity contribution in [3.8, 4) is 0 Å². The minimum absolute atomic E-state index is 0.150. The zero-order valence-corrected chi connectivity index (χ0v) is 12.1. The molecule has 18 heavy (non-hydrogen) atoms. The summed E-state index contributed by atoms with van der Waals surface area (Å²) in [6, 6.07) is 5.79. The molecular formula is C14H14BrNO2. The Kier molecular flexibility index (Phi) is 3.57. The molecule has 0 atom stereocenters. The first-order valence-electron chi connectivity index (χ1n) is 5.61. The second-order valence-corrected chi connectivity index (χ2v) is 5.14. The molecule has 0 bridgehead atoms. The second-order valence-electron chi connectivity index (χ2n) is 4.29. The van der Waals surface area contributed by atoms with Crippen molar-refractivity contribution in [1.82, 2.24) is 0 Å². The van der Waals surface area contributed by atoms with Gasteiger partial charge in [0.25, 0.3) is 5.91 Å². The third kappa shape index (κ3) is 2.48. The zero-order valence-electron chi connectivity index (χ0n) is 10.5. The van der Waals surface area contributed by atoms with Gasteiger partial charge in [0, 0.05) is 10.0 Å². The van der Waals surface area contributed by atoms with Crippen LogP contribution >= 0.6 is 15.9 Å². The van der Waals surface area contributed by atoms with Crippen molar-refractivity contribution < 1.29 is 9.21 Å². The van der Waals surface area contributed by atoms with Gasteiger partial charge in [0.2, 0.25) is 0 Å². The first-order chi connectivity index (χ1) is 8.49. The monoisotopic (exact) mass is 307 g/mol. The minimum Gasteiger partial charge on any atom is -0.469 e. The lowest BCUT2D eigenvalue weighted by Gasteiger charge is -2.08. The van der Waals surface area contributed by atoms with Crippen molar-refractivity contribution in [2.75, 3.05) is 5.32 Å². The van der Waals surface area contributed by atoms with Crippen LogP contribution in [0.4, 0.5) is 5.69 Å². The average molecular weight is 308 g/mol. The Hall–Kier alpha value is -1.55. The molecule has 0 fully saturated rings. The minimum atomic E-state index is -0.150.